The normalized spacial score (nSPS) is 15.9. The molecule has 1 N–H and O–H groups in total. The van der Waals surface area contributed by atoms with Crippen molar-refractivity contribution >= 4 is 29.4 Å². The first-order valence-corrected chi connectivity index (χ1v) is 13.3. The maximum Gasteiger partial charge on any atom is 0.346 e. The SMILES string of the molecule is O=C(Oc1ccc(N2CCN(c3cccc4c3C(O)C=C4)CC2)cc1)c1ccc(OC(=O)c2ccccc2F)cc1. The van der Waals surface area contributed by atoms with Crippen LogP contribution in [-0.2, 0) is 0 Å². The van der Waals surface area contributed by atoms with Gasteiger partial charge in [-0.15, -0.1) is 0 Å². The minimum atomic E-state index is -0.820. The zero-order chi connectivity index (χ0) is 28.3. The Bertz CT molecular complexity index is 1610. The summed E-state index contributed by atoms with van der Waals surface area (Å²) in [6.45, 7) is 3.29. The zero-order valence-electron chi connectivity index (χ0n) is 22.1. The Kier molecular flexibility index (Phi) is 7.22. The van der Waals surface area contributed by atoms with E-state index in [2.05, 4.69) is 15.9 Å². The summed E-state index contributed by atoms with van der Waals surface area (Å²) in [5.41, 5.74) is 4.28. The van der Waals surface area contributed by atoms with E-state index in [1.165, 1.54) is 42.5 Å². The van der Waals surface area contributed by atoms with Gasteiger partial charge in [0.05, 0.1) is 11.1 Å². The van der Waals surface area contributed by atoms with Crippen molar-refractivity contribution in [1.82, 2.24) is 0 Å². The Morgan fingerprint density at radius 1 is 0.732 bits per heavy atom. The highest BCUT2D eigenvalue weighted by atomic mass is 19.1. The smallest absolute Gasteiger partial charge is 0.346 e. The topological polar surface area (TPSA) is 79.3 Å². The van der Waals surface area contributed by atoms with Crippen molar-refractivity contribution in [1.29, 1.82) is 0 Å². The fourth-order valence-corrected chi connectivity index (χ4v) is 5.15. The summed E-state index contributed by atoms with van der Waals surface area (Å²) in [4.78, 5) is 29.4. The number of nitrogens with zero attached hydrogens (tertiary/aromatic N) is 2. The van der Waals surface area contributed by atoms with Crippen LogP contribution in [0, 0.1) is 5.82 Å². The first-order valence-electron chi connectivity index (χ1n) is 13.3. The predicted molar refractivity (Wildman–Crippen MR) is 154 cm³/mol. The van der Waals surface area contributed by atoms with Crippen LogP contribution in [0.5, 0.6) is 11.5 Å². The molecule has 0 spiro atoms. The number of fused-ring (bicyclic) bond motifs is 1. The van der Waals surface area contributed by atoms with Crippen molar-refractivity contribution in [2.24, 2.45) is 0 Å². The average Bonchev–Trinajstić information content (AvgIpc) is 3.39. The van der Waals surface area contributed by atoms with Crippen molar-refractivity contribution < 1.29 is 28.6 Å². The fourth-order valence-electron chi connectivity index (χ4n) is 5.15. The molecule has 1 heterocycles. The third-order valence-corrected chi connectivity index (χ3v) is 7.30. The summed E-state index contributed by atoms with van der Waals surface area (Å²) in [7, 11) is 0. The van der Waals surface area contributed by atoms with E-state index in [9.17, 15) is 19.1 Å². The predicted octanol–water partition coefficient (Wildman–Crippen LogP) is 5.65. The molecule has 1 atom stereocenters. The van der Waals surface area contributed by atoms with E-state index in [1.807, 2.05) is 36.4 Å². The lowest BCUT2D eigenvalue weighted by Gasteiger charge is -2.38. The van der Waals surface area contributed by atoms with Crippen LogP contribution >= 0.6 is 0 Å². The number of aliphatic hydroxyl groups is 1. The molecule has 0 saturated carbocycles. The molecule has 0 amide bonds. The number of piperazine rings is 1. The largest absolute Gasteiger partial charge is 0.423 e. The van der Waals surface area contributed by atoms with Crippen LogP contribution in [0.15, 0.2) is 97.1 Å². The molecule has 6 rings (SSSR count). The maximum atomic E-state index is 13.8. The zero-order valence-corrected chi connectivity index (χ0v) is 22.1. The molecule has 7 nitrogen and oxygen atoms in total. The fraction of sp³-hybridized carbons (Fsp3) is 0.152. The average molecular weight is 551 g/mol. The van der Waals surface area contributed by atoms with E-state index in [1.54, 1.807) is 18.2 Å². The highest BCUT2D eigenvalue weighted by Crippen LogP contribution is 2.36. The van der Waals surface area contributed by atoms with Gasteiger partial charge in [-0.1, -0.05) is 36.4 Å². The minimum absolute atomic E-state index is 0.168. The number of carbonyl (C=O) groups excluding carboxylic acids is 2. The molecule has 206 valence electrons. The molecule has 2 aliphatic rings. The number of aliphatic hydroxyl groups excluding tert-OH is 1. The Hall–Kier alpha value is -4.95. The number of benzene rings is 4. The van der Waals surface area contributed by atoms with Gasteiger partial charge in [-0.2, -0.15) is 0 Å². The van der Waals surface area contributed by atoms with Crippen LogP contribution in [0.2, 0.25) is 0 Å². The molecule has 1 saturated heterocycles. The summed E-state index contributed by atoms with van der Waals surface area (Å²) in [5, 5.41) is 10.4. The van der Waals surface area contributed by atoms with Crippen molar-refractivity contribution in [3.63, 3.8) is 0 Å². The molecule has 41 heavy (non-hydrogen) atoms. The number of halogens is 1. The molecule has 1 aliphatic carbocycles. The van der Waals surface area contributed by atoms with Gasteiger partial charge in [-0.3, -0.25) is 0 Å². The third-order valence-electron chi connectivity index (χ3n) is 7.30. The van der Waals surface area contributed by atoms with Crippen molar-refractivity contribution in [3.05, 3.63) is 125 Å². The molecule has 0 aromatic heterocycles. The summed E-state index contributed by atoms with van der Waals surface area (Å²) >= 11 is 0. The second-order valence-corrected chi connectivity index (χ2v) is 9.84. The summed E-state index contributed by atoms with van der Waals surface area (Å²) < 4.78 is 24.5. The lowest BCUT2D eigenvalue weighted by atomic mass is 10.0. The highest BCUT2D eigenvalue weighted by molar-refractivity contribution is 5.92. The number of ether oxygens (including phenoxy) is 2. The van der Waals surface area contributed by atoms with Crippen molar-refractivity contribution in [2.75, 3.05) is 36.0 Å². The number of hydrogen-bond acceptors (Lipinski definition) is 7. The van der Waals surface area contributed by atoms with Gasteiger partial charge in [0.2, 0.25) is 0 Å². The van der Waals surface area contributed by atoms with E-state index in [0.717, 1.165) is 48.7 Å². The molecule has 4 aromatic carbocycles. The van der Waals surface area contributed by atoms with E-state index in [4.69, 9.17) is 9.47 Å². The lowest BCUT2D eigenvalue weighted by Crippen LogP contribution is -2.46. The van der Waals surface area contributed by atoms with Gasteiger partial charge in [-0.05, 0) is 72.3 Å². The van der Waals surface area contributed by atoms with Crippen LogP contribution < -0.4 is 19.3 Å². The van der Waals surface area contributed by atoms with Gasteiger partial charge in [-0.25, -0.2) is 14.0 Å². The first-order chi connectivity index (χ1) is 20.0. The van der Waals surface area contributed by atoms with Gasteiger partial charge in [0.25, 0.3) is 0 Å². The van der Waals surface area contributed by atoms with Crippen LogP contribution in [-0.4, -0.2) is 43.2 Å². The molecular formula is C33H27FN2O5. The van der Waals surface area contributed by atoms with E-state index < -0.39 is 23.9 Å². The Morgan fingerprint density at radius 3 is 2.07 bits per heavy atom. The Balaban J connectivity index is 1.03. The second-order valence-electron chi connectivity index (χ2n) is 9.84. The minimum Gasteiger partial charge on any atom is -0.423 e. The molecule has 1 fully saturated rings. The number of esters is 2. The first kappa shape index (κ1) is 26.3. The number of carbonyl (C=O) groups is 2. The lowest BCUT2D eigenvalue weighted by molar-refractivity contribution is 0.0727. The van der Waals surface area contributed by atoms with E-state index in [-0.39, 0.29) is 16.9 Å². The Morgan fingerprint density at radius 2 is 1.37 bits per heavy atom. The molecule has 8 heteroatoms. The molecule has 1 unspecified atom stereocenters. The van der Waals surface area contributed by atoms with Gasteiger partial charge >= 0.3 is 11.9 Å². The van der Waals surface area contributed by atoms with Crippen molar-refractivity contribution in [3.8, 4) is 11.5 Å². The van der Waals surface area contributed by atoms with Crippen molar-refractivity contribution in [2.45, 2.75) is 6.10 Å². The van der Waals surface area contributed by atoms with Gasteiger partial charge in [0, 0.05) is 43.1 Å². The van der Waals surface area contributed by atoms with Gasteiger partial charge in [0.15, 0.2) is 0 Å². The quantitative estimate of drug-likeness (QED) is 0.246. The highest BCUT2D eigenvalue weighted by Gasteiger charge is 2.25. The summed E-state index contributed by atoms with van der Waals surface area (Å²) in [6.07, 6.45) is 3.23. The number of hydrogen-bond donors (Lipinski definition) is 1. The molecule has 1 aliphatic heterocycles. The van der Waals surface area contributed by atoms with E-state index in [0.29, 0.717) is 5.75 Å². The molecule has 4 aromatic rings. The molecule has 0 bridgehead atoms. The maximum absolute atomic E-state index is 13.8. The third kappa shape index (κ3) is 5.55. The monoisotopic (exact) mass is 550 g/mol. The van der Waals surface area contributed by atoms with Crippen LogP contribution in [0.25, 0.3) is 6.08 Å². The summed E-state index contributed by atoms with van der Waals surface area (Å²) in [6, 6.07) is 24.9. The molecular weight excluding hydrogens is 523 g/mol. The standard InChI is InChI=1S/C33H27FN2O5/c34-28-6-2-1-5-27(28)33(39)41-25-13-8-23(9-14-25)32(38)40-26-15-11-24(12-16-26)35-18-20-36(21-19-35)29-7-3-4-22-10-17-30(37)31(22)29/h1-17,30,37H,18-21H2. The Labute approximate surface area is 236 Å². The summed E-state index contributed by atoms with van der Waals surface area (Å²) in [5.74, 6) is -1.44. The molecule has 0 radical (unpaired) electrons. The van der Waals surface area contributed by atoms with Gasteiger partial charge < -0.3 is 24.4 Å². The van der Waals surface area contributed by atoms with Crippen LogP contribution in [0.1, 0.15) is 37.9 Å². The number of anilines is 2. The van der Waals surface area contributed by atoms with Crippen LogP contribution in [0.4, 0.5) is 15.8 Å². The second kappa shape index (κ2) is 11.3. The number of rotatable bonds is 6. The van der Waals surface area contributed by atoms with E-state index >= 15 is 0 Å². The van der Waals surface area contributed by atoms with Gasteiger partial charge in [0.1, 0.15) is 23.4 Å². The van der Waals surface area contributed by atoms with Crippen LogP contribution in [0.3, 0.4) is 0 Å².